The van der Waals surface area contributed by atoms with Crippen LogP contribution in [0.15, 0.2) is 59.4 Å². The van der Waals surface area contributed by atoms with Gasteiger partial charge in [-0.05, 0) is 45.6 Å². The summed E-state index contributed by atoms with van der Waals surface area (Å²) in [6, 6.07) is 0. The lowest BCUT2D eigenvalue weighted by atomic mass is 9.79. The van der Waals surface area contributed by atoms with E-state index in [1.54, 1.807) is 12.2 Å². The van der Waals surface area contributed by atoms with Gasteiger partial charge in [-0.3, -0.25) is 0 Å². The molecule has 0 radical (unpaired) electrons. The third kappa shape index (κ3) is 11.1. The lowest BCUT2D eigenvalue weighted by Gasteiger charge is -2.42. The van der Waals surface area contributed by atoms with Crippen LogP contribution in [0.4, 0.5) is 0 Å². The van der Waals surface area contributed by atoms with Crippen molar-refractivity contribution in [1.82, 2.24) is 0 Å². The zero-order valence-corrected chi connectivity index (χ0v) is 31.1. The van der Waals surface area contributed by atoms with Gasteiger partial charge in [-0.15, -0.1) is 0 Å². The first-order chi connectivity index (χ1) is 22.6. The summed E-state index contributed by atoms with van der Waals surface area (Å²) in [4.78, 5) is 13.7. The van der Waals surface area contributed by atoms with E-state index in [4.69, 9.17) is 18.9 Å². The van der Waals surface area contributed by atoms with Gasteiger partial charge >= 0.3 is 5.97 Å². The molecule has 2 aliphatic heterocycles. The van der Waals surface area contributed by atoms with Gasteiger partial charge in [0.1, 0.15) is 12.2 Å². The van der Waals surface area contributed by atoms with E-state index >= 15 is 0 Å². The summed E-state index contributed by atoms with van der Waals surface area (Å²) in [6.45, 7) is 17.2. The molecule has 274 valence electrons. The van der Waals surface area contributed by atoms with Crippen molar-refractivity contribution in [2.24, 2.45) is 35.5 Å². The number of aliphatic hydroxyl groups is 4. The van der Waals surface area contributed by atoms with E-state index in [1.165, 1.54) is 14.2 Å². The van der Waals surface area contributed by atoms with Crippen LogP contribution in [0.25, 0.3) is 0 Å². The van der Waals surface area contributed by atoms with Crippen LogP contribution in [0.2, 0.25) is 0 Å². The van der Waals surface area contributed by atoms with Gasteiger partial charge in [0.2, 0.25) is 5.76 Å². The number of aliphatic hydroxyl groups excluding tert-OH is 4. The molecule has 14 atom stereocenters. The highest BCUT2D eigenvalue weighted by Crippen LogP contribution is 2.35. The first-order valence-corrected chi connectivity index (χ1v) is 17.6. The fourth-order valence-electron chi connectivity index (χ4n) is 7.16. The van der Waals surface area contributed by atoms with Crippen LogP contribution in [0.3, 0.4) is 0 Å². The molecule has 0 bridgehead atoms. The van der Waals surface area contributed by atoms with Crippen molar-refractivity contribution >= 4 is 5.97 Å². The third-order valence-corrected chi connectivity index (χ3v) is 10.4. The third-order valence-electron chi connectivity index (χ3n) is 10.4. The van der Waals surface area contributed by atoms with Gasteiger partial charge in [-0.25, -0.2) is 4.79 Å². The number of hydrogen-bond acceptors (Lipinski definition) is 9. The molecule has 1 fully saturated rings. The molecule has 9 heteroatoms. The minimum Gasteiger partial charge on any atom is -0.490 e. The largest absolute Gasteiger partial charge is 0.490 e. The molecular weight excluding hydrogens is 612 g/mol. The summed E-state index contributed by atoms with van der Waals surface area (Å²) < 4.78 is 23.8. The van der Waals surface area contributed by atoms with Crippen molar-refractivity contribution in [3.05, 3.63) is 59.4 Å². The van der Waals surface area contributed by atoms with Crippen molar-refractivity contribution in [2.45, 2.75) is 130 Å². The lowest BCUT2D eigenvalue weighted by Crippen LogP contribution is -2.50. The number of methoxy groups -OCH3 is 2. The van der Waals surface area contributed by atoms with E-state index in [-0.39, 0.29) is 35.5 Å². The van der Waals surface area contributed by atoms with Gasteiger partial charge in [0, 0.05) is 43.1 Å². The summed E-state index contributed by atoms with van der Waals surface area (Å²) in [5, 5.41) is 45.1. The normalized spacial score (nSPS) is 40.9. The monoisotopic (exact) mass is 676 g/mol. The smallest absolute Gasteiger partial charge is 0.373 e. The van der Waals surface area contributed by atoms with E-state index in [2.05, 4.69) is 0 Å². The zero-order chi connectivity index (χ0) is 36.3. The Labute approximate surface area is 289 Å². The summed E-state index contributed by atoms with van der Waals surface area (Å²) in [5.41, 5.74) is 1.71. The highest BCUT2D eigenvalue weighted by Gasteiger charge is 2.42. The molecule has 0 aliphatic carbocycles. The van der Waals surface area contributed by atoms with Crippen LogP contribution in [-0.2, 0) is 23.7 Å². The minimum absolute atomic E-state index is 0.0384. The second-order valence-electron chi connectivity index (χ2n) is 14.2. The van der Waals surface area contributed by atoms with E-state index in [9.17, 15) is 25.2 Å². The summed E-state index contributed by atoms with van der Waals surface area (Å²) >= 11 is 0. The Morgan fingerprint density at radius 3 is 2.31 bits per heavy atom. The highest BCUT2D eigenvalue weighted by atomic mass is 16.6. The Kier molecular flexibility index (Phi) is 17.3. The predicted octanol–water partition coefficient (Wildman–Crippen LogP) is 5.68. The molecule has 0 amide bonds. The standard InChI is InChI=1S/C39H64O9/c1-12-15-31-26(7)30(40)21-33(47-31)27(8)37(43)28(9)38-32(45-10)17-14-16-22(3)18-24(5)35(41)29(13-2)36(42)25(6)19-23(4)20-34(46-11)39(44)48-38/h12,14-17,19-20,24-33,35-38,40-43H,13,18,21H2,1-11H3/b15-12+,17-14+,22-16+,23-19+,34-20-/t24-,25-,26+,27-,28+,29+,30-,31-,32+,33?,35+,36-,37+,38?/m1/s1. The van der Waals surface area contributed by atoms with Crippen LogP contribution < -0.4 is 0 Å². The molecule has 0 aromatic heterocycles. The van der Waals surface area contributed by atoms with Crippen LogP contribution in [0.1, 0.15) is 81.6 Å². The molecule has 2 aliphatic rings. The Morgan fingerprint density at radius 2 is 1.73 bits per heavy atom. The summed E-state index contributed by atoms with van der Waals surface area (Å²) in [7, 11) is 2.92. The topological polar surface area (TPSA) is 135 Å². The maximum atomic E-state index is 13.7. The van der Waals surface area contributed by atoms with Crippen LogP contribution in [0, 0.1) is 35.5 Å². The van der Waals surface area contributed by atoms with Gasteiger partial charge in [-0.2, -0.15) is 0 Å². The molecule has 48 heavy (non-hydrogen) atoms. The van der Waals surface area contributed by atoms with Crippen molar-refractivity contribution < 1.29 is 44.2 Å². The lowest BCUT2D eigenvalue weighted by molar-refractivity contribution is -0.170. The maximum absolute atomic E-state index is 13.7. The number of rotatable bonds is 8. The second-order valence-corrected chi connectivity index (χ2v) is 14.2. The summed E-state index contributed by atoms with van der Waals surface area (Å²) in [6.07, 6.45) is 9.04. The molecule has 4 N–H and O–H groups in total. The number of hydrogen-bond donors (Lipinski definition) is 4. The van der Waals surface area contributed by atoms with Crippen LogP contribution >= 0.6 is 0 Å². The molecule has 9 nitrogen and oxygen atoms in total. The first kappa shape index (κ1) is 41.9. The van der Waals surface area contributed by atoms with Crippen LogP contribution in [0.5, 0.6) is 0 Å². The molecule has 0 spiro atoms. The molecular formula is C39H64O9. The SMILES string of the molecule is C/C=C/[C@H]1OC([C@@H](C)[C@H](O)[C@H](C)C2OC(=O)/C(OC)=C/C(C)=C/[C@@H](C)[C@@H](O)[C@@H](CC)[C@@H](O)[C@H](C)C/C(C)=C/C=C/[C@@H]2OC)C[C@@H](O)[C@@H]1C. The van der Waals surface area contributed by atoms with Crippen molar-refractivity contribution in [2.75, 3.05) is 14.2 Å². The number of carbonyl (C=O) groups is 1. The molecule has 0 aromatic carbocycles. The average molecular weight is 677 g/mol. The number of cyclic esters (lactones) is 1. The molecule has 2 heterocycles. The van der Waals surface area contributed by atoms with E-state index in [0.29, 0.717) is 24.8 Å². The van der Waals surface area contributed by atoms with Gasteiger partial charge in [0.15, 0.2) is 0 Å². The quantitative estimate of drug-likeness (QED) is 0.189. The zero-order valence-electron chi connectivity index (χ0n) is 31.1. The van der Waals surface area contributed by atoms with Gasteiger partial charge in [0.25, 0.3) is 0 Å². The predicted molar refractivity (Wildman–Crippen MR) is 189 cm³/mol. The second kappa shape index (κ2) is 19.8. The highest BCUT2D eigenvalue weighted by molar-refractivity contribution is 5.87. The minimum atomic E-state index is -0.978. The Hall–Kier alpha value is -2.27. The Balaban J connectivity index is 2.54. The van der Waals surface area contributed by atoms with Crippen molar-refractivity contribution in [1.29, 1.82) is 0 Å². The maximum Gasteiger partial charge on any atom is 0.373 e. The number of ether oxygens (including phenoxy) is 4. The summed E-state index contributed by atoms with van der Waals surface area (Å²) in [5.74, 6) is -2.58. The molecule has 2 unspecified atom stereocenters. The van der Waals surface area contributed by atoms with E-state index in [1.807, 2.05) is 92.7 Å². The Bertz CT molecular complexity index is 1160. The van der Waals surface area contributed by atoms with E-state index < -0.39 is 60.5 Å². The number of allylic oxidation sites excluding steroid dienone is 6. The fourth-order valence-corrected chi connectivity index (χ4v) is 7.16. The average Bonchev–Trinajstić information content (AvgIpc) is 3.05. The van der Waals surface area contributed by atoms with E-state index in [0.717, 1.165) is 5.57 Å². The van der Waals surface area contributed by atoms with Crippen molar-refractivity contribution in [3.8, 4) is 0 Å². The first-order valence-electron chi connectivity index (χ1n) is 17.6. The number of esters is 1. The molecule has 2 rings (SSSR count). The van der Waals surface area contributed by atoms with Crippen LogP contribution in [-0.4, -0.2) is 89.4 Å². The van der Waals surface area contributed by atoms with Crippen molar-refractivity contribution in [3.63, 3.8) is 0 Å². The Morgan fingerprint density at radius 1 is 1.06 bits per heavy atom. The van der Waals surface area contributed by atoms with Gasteiger partial charge in [-0.1, -0.05) is 89.1 Å². The number of carbonyl (C=O) groups excluding carboxylic acids is 1. The molecule has 0 aromatic rings. The van der Waals surface area contributed by atoms with Gasteiger partial charge < -0.3 is 39.4 Å². The molecule has 0 saturated carbocycles. The van der Waals surface area contributed by atoms with Gasteiger partial charge in [0.05, 0.1) is 43.7 Å². The fraction of sp³-hybridized carbons (Fsp3) is 0.718. The molecule has 1 saturated heterocycles.